The van der Waals surface area contributed by atoms with E-state index >= 15 is 0 Å². The number of carbonyl (C=O) groups is 1. The molecule has 1 aromatic carbocycles. The van der Waals surface area contributed by atoms with Crippen LogP contribution < -0.4 is 15.4 Å². The average Bonchev–Trinajstić information content (AvgIpc) is 2.87. The number of ether oxygens (including phenoxy) is 1. The van der Waals surface area contributed by atoms with Gasteiger partial charge in [-0.25, -0.2) is 0 Å². The summed E-state index contributed by atoms with van der Waals surface area (Å²) in [6.07, 6.45) is 3.81. The molecule has 1 saturated heterocycles. The third-order valence-electron chi connectivity index (χ3n) is 5.07. The lowest BCUT2D eigenvalue weighted by atomic mass is 10.1. The minimum absolute atomic E-state index is 0.150. The number of carbonyl (C=O) groups excluding carboxylic acids is 1. The lowest BCUT2D eigenvalue weighted by molar-refractivity contribution is -0.135. The van der Waals surface area contributed by atoms with E-state index in [0.29, 0.717) is 5.91 Å². The topological polar surface area (TPSA) is 58.8 Å². The van der Waals surface area contributed by atoms with Gasteiger partial charge in [0.15, 0.2) is 0 Å². The first-order valence-electron chi connectivity index (χ1n) is 8.60. The largest absolute Gasteiger partial charge is 0.497 e. The van der Waals surface area contributed by atoms with Crippen LogP contribution >= 0.6 is 0 Å². The molecule has 5 heteroatoms. The summed E-state index contributed by atoms with van der Waals surface area (Å²) >= 11 is 0. The Balaban J connectivity index is 1.59. The predicted octanol–water partition coefficient (Wildman–Crippen LogP) is 1.86. The van der Waals surface area contributed by atoms with E-state index in [1.807, 2.05) is 17.0 Å². The lowest BCUT2D eigenvalue weighted by Crippen LogP contribution is -2.38. The second-order valence-electron chi connectivity index (χ2n) is 6.63. The molecular formula is C18H27N3O2. The molecule has 2 fully saturated rings. The second-order valence-corrected chi connectivity index (χ2v) is 6.63. The van der Waals surface area contributed by atoms with E-state index in [1.165, 1.54) is 5.69 Å². The molecule has 2 N–H and O–H groups in total. The first kappa shape index (κ1) is 16.1. The standard InChI is InChI=1S/C18H27N3O2/c1-23-17-7-5-16(6-8-17)20-9-2-10-21(12-11-20)18(22)14-3-4-15(19)13-14/h5-8,14-15H,2-4,9-13,19H2,1H3/t14-,15-/m0/s1. The van der Waals surface area contributed by atoms with Crippen LogP contribution in [0.3, 0.4) is 0 Å². The molecule has 1 saturated carbocycles. The fourth-order valence-corrected chi connectivity index (χ4v) is 3.69. The number of benzene rings is 1. The van der Waals surface area contributed by atoms with Crippen LogP contribution in [0.15, 0.2) is 24.3 Å². The number of rotatable bonds is 3. The number of methoxy groups -OCH3 is 1. The summed E-state index contributed by atoms with van der Waals surface area (Å²) in [5, 5.41) is 0. The molecule has 126 valence electrons. The van der Waals surface area contributed by atoms with Gasteiger partial charge < -0.3 is 20.3 Å². The summed E-state index contributed by atoms with van der Waals surface area (Å²) in [5.41, 5.74) is 7.15. The van der Waals surface area contributed by atoms with Crippen molar-refractivity contribution in [2.24, 2.45) is 11.7 Å². The van der Waals surface area contributed by atoms with E-state index in [2.05, 4.69) is 17.0 Å². The molecule has 0 unspecified atom stereocenters. The first-order valence-corrected chi connectivity index (χ1v) is 8.60. The van der Waals surface area contributed by atoms with Crippen LogP contribution in [0, 0.1) is 5.92 Å². The molecule has 2 aliphatic rings. The summed E-state index contributed by atoms with van der Waals surface area (Å²) in [6, 6.07) is 8.37. The summed E-state index contributed by atoms with van der Waals surface area (Å²) < 4.78 is 5.21. The Labute approximate surface area is 138 Å². The van der Waals surface area contributed by atoms with Gasteiger partial charge in [0, 0.05) is 43.8 Å². The zero-order chi connectivity index (χ0) is 16.2. The van der Waals surface area contributed by atoms with Crippen molar-refractivity contribution in [2.45, 2.75) is 31.7 Å². The number of hydrogen-bond acceptors (Lipinski definition) is 4. The van der Waals surface area contributed by atoms with Gasteiger partial charge in [-0.1, -0.05) is 0 Å². The Morgan fingerprint density at radius 1 is 1.13 bits per heavy atom. The van der Waals surface area contributed by atoms with Gasteiger partial charge in [0.2, 0.25) is 5.91 Å². The maximum atomic E-state index is 12.7. The van der Waals surface area contributed by atoms with Crippen LogP contribution in [0.4, 0.5) is 5.69 Å². The van der Waals surface area contributed by atoms with Crippen molar-refractivity contribution in [1.29, 1.82) is 0 Å². The average molecular weight is 317 g/mol. The maximum Gasteiger partial charge on any atom is 0.225 e. The van der Waals surface area contributed by atoms with Crippen molar-refractivity contribution in [3.63, 3.8) is 0 Å². The highest BCUT2D eigenvalue weighted by Gasteiger charge is 2.31. The van der Waals surface area contributed by atoms with Crippen molar-refractivity contribution >= 4 is 11.6 Å². The van der Waals surface area contributed by atoms with E-state index < -0.39 is 0 Å². The number of amides is 1. The Kier molecular flexibility index (Phi) is 5.06. The normalized spacial score (nSPS) is 25.3. The fraction of sp³-hybridized carbons (Fsp3) is 0.611. The second kappa shape index (κ2) is 7.21. The Hall–Kier alpha value is -1.75. The SMILES string of the molecule is COc1ccc(N2CCCN(C(=O)[C@H]3CC[C@H](N)C3)CC2)cc1. The predicted molar refractivity (Wildman–Crippen MR) is 91.7 cm³/mol. The summed E-state index contributed by atoms with van der Waals surface area (Å²) in [6.45, 7) is 3.53. The first-order chi connectivity index (χ1) is 11.2. The van der Waals surface area contributed by atoms with E-state index in [1.54, 1.807) is 7.11 Å². The number of nitrogens with zero attached hydrogens (tertiary/aromatic N) is 2. The summed E-state index contributed by atoms with van der Waals surface area (Å²) in [7, 11) is 1.68. The van der Waals surface area contributed by atoms with Crippen LogP contribution in [-0.2, 0) is 4.79 Å². The van der Waals surface area contributed by atoms with Crippen LogP contribution in [0.5, 0.6) is 5.75 Å². The van der Waals surface area contributed by atoms with Crippen LogP contribution in [0.1, 0.15) is 25.7 Å². The minimum atomic E-state index is 0.150. The molecule has 0 radical (unpaired) electrons. The van der Waals surface area contributed by atoms with Gasteiger partial charge in [-0.15, -0.1) is 0 Å². The van der Waals surface area contributed by atoms with Gasteiger partial charge in [0.05, 0.1) is 7.11 Å². The van der Waals surface area contributed by atoms with Crippen molar-refractivity contribution in [3.05, 3.63) is 24.3 Å². The zero-order valence-electron chi connectivity index (χ0n) is 13.9. The van der Waals surface area contributed by atoms with Gasteiger partial charge in [0.25, 0.3) is 0 Å². The molecule has 3 rings (SSSR count). The molecule has 5 nitrogen and oxygen atoms in total. The number of anilines is 1. The Morgan fingerprint density at radius 2 is 1.91 bits per heavy atom. The molecule has 0 bridgehead atoms. The van der Waals surface area contributed by atoms with Crippen molar-refractivity contribution in [3.8, 4) is 5.75 Å². The van der Waals surface area contributed by atoms with E-state index in [9.17, 15) is 4.79 Å². The minimum Gasteiger partial charge on any atom is -0.497 e. The molecular weight excluding hydrogens is 290 g/mol. The zero-order valence-corrected chi connectivity index (χ0v) is 13.9. The smallest absolute Gasteiger partial charge is 0.225 e. The monoisotopic (exact) mass is 317 g/mol. The molecule has 1 aliphatic carbocycles. The molecule has 2 atom stereocenters. The van der Waals surface area contributed by atoms with Crippen molar-refractivity contribution < 1.29 is 9.53 Å². The Bertz CT molecular complexity index is 532. The van der Waals surface area contributed by atoms with Gasteiger partial charge >= 0.3 is 0 Å². The van der Waals surface area contributed by atoms with Gasteiger partial charge in [-0.2, -0.15) is 0 Å². The molecule has 1 aromatic rings. The summed E-state index contributed by atoms with van der Waals surface area (Å²) in [5.74, 6) is 1.34. The van der Waals surface area contributed by atoms with E-state index in [4.69, 9.17) is 10.5 Å². The molecule has 23 heavy (non-hydrogen) atoms. The highest BCUT2D eigenvalue weighted by Crippen LogP contribution is 2.27. The Morgan fingerprint density at radius 3 is 2.57 bits per heavy atom. The third kappa shape index (κ3) is 3.78. The molecule has 1 aliphatic heterocycles. The molecule has 0 spiro atoms. The fourth-order valence-electron chi connectivity index (χ4n) is 3.69. The number of hydrogen-bond donors (Lipinski definition) is 1. The summed E-state index contributed by atoms with van der Waals surface area (Å²) in [4.78, 5) is 17.1. The third-order valence-corrected chi connectivity index (χ3v) is 5.07. The van der Waals surface area contributed by atoms with E-state index in [-0.39, 0.29) is 12.0 Å². The maximum absolute atomic E-state index is 12.7. The van der Waals surface area contributed by atoms with Crippen LogP contribution in [0.25, 0.3) is 0 Å². The van der Waals surface area contributed by atoms with Gasteiger partial charge in [0.1, 0.15) is 5.75 Å². The van der Waals surface area contributed by atoms with Gasteiger partial charge in [-0.3, -0.25) is 4.79 Å². The quantitative estimate of drug-likeness (QED) is 0.924. The van der Waals surface area contributed by atoms with Crippen molar-refractivity contribution in [1.82, 2.24) is 4.90 Å². The van der Waals surface area contributed by atoms with Crippen LogP contribution in [-0.4, -0.2) is 50.1 Å². The number of nitrogens with two attached hydrogens (primary N) is 1. The van der Waals surface area contributed by atoms with Gasteiger partial charge in [-0.05, 0) is 49.9 Å². The molecule has 1 amide bonds. The molecule has 0 aromatic heterocycles. The van der Waals surface area contributed by atoms with Crippen LogP contribution in [0.2, 0.25) is 0 Å². The lowest BCUT2D eigenvalue weighted by Gasteiger charge is -2.25. The van der Waals surface area contributed by atoms with Crippen molar-refractivity contribution in [2.75, 3.05) is 38.2 Å². The highest BCUT2D eigenvalue weighted by atomic mass is 16.5. The highest BCUT2D eigenvalue weighted by molar-refractivity contribution is 5.79. The van der Waals surface area contributed by atoms with E-state index in [0.717, 1.165) is 57.6 Å². The molecule has 1 heterocycles.